The highest BCUT2D eigenvalue weighted by atomic mass is 35.5. The van der Waals surface area contributed by atoms with E-state index in [1.54, 1.807) is 6.08 Å². The van der Waals surface area contributed by atoms with Crippen LogP contribution in [0.5, 0.6) is 5.75 Å². The van der Waals surface area contributed by atoms with Crippen molar-refractivity contribution >= 4 is 40.7 Å². The van der Waals surface area contributed by atoms with Gasteiger partial charge in [0, 0.05) is 18.1 Å². The molecule has 0 amide bonds. The Bertz CT molecular complexity index is 1070. The van der Waals surface area contributed by atoms with E-state index in [1.165, 1.54) is 12.1 Å². The molecule has 2 aliphatic rings. The van der Waals surface area contributed by atoms with Gasteiger partial charge in [0.05, 0.1) is 10.0 Å². The number of benzene rings is 1. The molecule has 0 unspecified atom stereocenters. The molecule has 144 valence electrons. The molecule has 1 aliphatic heterocycles. The van der Waals surface area contributed by atoms with E-state index < -0.39 is 11.5 Å². The molecule has 1 fully saturated rings. The van der Waals surface area contributed by atoms with E-state index >= 15 is 0 Å². The molecule has 1 aromatic carbocycles. The summed E-state index contributed by atoms with van der Waals surface area (Å²) >= 11 is 12.5. The normalized spacial score (nSPS) is 16.6. The highest BCUT2D eigenvalue weighted by Crippen LogP contribution is 2.39. The number of nitrogens with zero attached hydrogens (tertiary/aromatic N) is 2. The third kappa shape index (κ3) is 3.93. The third-order valence-electron chi connectivity index (χ3n) is 4.33. The second-order valence-corrected chi connectivity index (χ2v) is 7.30. The van der Waals surface area contributed by atoms with Gasteiger partial charge in [0.25, 0.3) is 0 Å². The quantitative estimate of drug-likeness (QED) is 0.742. The fraction of sp³-hybridized carbons (Fsp3) is 0.278. The number of ketones is 2. The first-order chi connectivity index (χ1) is 13.4. The number of aromatic amines is 1. The van der Waals surface area contributed by atoms with Gasteiger partial charge in [-0.1, -0.05) is 28.4 Å². The van der Waals surface area contributed by atoms with Crippen LogP contribution in [0.3, 0.4) is 0 Å². The van der Waals surface area contributed by atoms with Crippen molar-refractivity contribution in [1.82, 2.24) is 10.1 Å². The Morgan fingerprint density at radius 2 is 1.96 bits per heavy atom. The summed E-state index contributed by atoms with van der Waals surface area (Å²) in [5.41, 5.74) is 1.23. The lowest BCUT2D eigenvalue weighted by Crippen LogP contribution is -2.20. The average molecular weight is 422 g/mol. The number of carbonyl (C=O) groups excluding carboxylic acids is 2. The highest BCUT2D eigenvalue weighted by molar-refractivity contribution is 6.37. The van der Waals surface area contributed by atoms with E-state index in [-0.39, 0.29) is 52.2 Å². The van der Waals surface area contributed by atoms with E-state index in [0.29, 0.717) is 5.56 Å². The number of hydrogen-bond acceptors (Lipinski definition) is 7. The largest absolute Gasteiger partial charge is 0.439 e. The van der Waals surface area contributed by atoms with E-state index in [1.807, 2.05) is 0 Å². The lowest BCUT2D eigenvalue weighted by Gasteiger charge is -2.15. The van der Waals surface area contributed by atoms with Crippen molar-refractivity contribution in [2.24, 2.45) is 10.9 Å². The topological polar surface area (TPSA) is 115 Å². The van der Waals surface area contributed by atoms with Crippen LogP contribution in [0, 0.1) is 5.92 Å². The van der Waals surface area contributed by atoms with Crippen LogP contribution >= 0.6 is 23.2 Å². The van der Waals surface area contributed by atoms with Gasteiger partial charge in [0.15, 0.2) is 11.5 Å². The number of nitrogens with one attached hydrogen (secondary N) is 1. The van der Waals surface area contributed by atoms with E-state index in [4.69, 9.17) is 27.9 Å². The summed E-state index contributed by atoms with van der Waals surface area (Å²) in [4.78, 5) is 41.3. The first kappa shape index (κ1) is 18.6. The molecule has 0 atom stereocenters. The number of H-pyrrole nitrogens is 1. The van der Waals surface area contributed by atoms with Crippen molar-refractivity contribution < 1.29 is 18.8 Å². The highest BCUT2D eigenvalue weighted by Gasteiger charge is 2.32. The zero-order valence-corrected chi connectivity index (χ0v) is 15.8. The van der Waals surface area contributed by atoms with Gasteiger partial charge < -0.3 is 4.74 Å². The van der Waals surface area contributed by atoms with Gasteiger partial charge in [-0.15, -0.1) is 0 Å². The SMILES string of the molecule is O=C1CN=C(Oc2c(Cl)cc(CC(=O)c3noc(=O)[nH]3)cc2Cl)C=C1C1CC1. The van der Waals surface area contributed by atoms with Crippen LogP contribution in [0.25, 0.3) is 0 Å². The molecule has 1 saturated carbocycles. The summed E-state index contributed by atoms with van der Waals surface area (Å²) in [6.45, 7) is 0.0371. The van der Waals surface area contributed by atoms with Gasteiger partial charge in [0.1, 0.15) is 6.54 Å². The fourth-order valence-electron chi connectivity index (χ4n) is 2.84. The summed E-state index contributed by atoms with van der Waals surface area (Å²) < 4.78 is 10.0. The molecule has 4 rings (SSSR count). The number of Topliss-reactive ketones (excluding diaryl/α,β-unsaturated/α-hetero) is 2. The lowest BCUT2D eigenvalue weighted by atomic mass is 10.0. The number of carbonyl (C=O) groups is 2. The van der Waals surface area contributed by atoms with Crippen molar-refractivity contribution in [1.29, 1.82) is 0 Å². The molecule has 2 aromatic rings. The van der Waals surface area contributed by atoms with Crippen LogP contribution in [0.4, 0.5) is 0 Å². The Kier molecular flexibility index (Phi) is 4.91. The molecule has 1 aromatic heterocycles. The molecule has 1 aliphatic carbocycles. The number of aromatic nitrogens is 2. The smallest absolute Gasteiger partial charge is 0.436 e. The monoisotopic (exact) mass is 421 g/mol. The van der Waals surface area contributed by atoms with E-state index in [0.717, 1.165) is 18.4 Å². The Balaban J connectivity index is 1.52. The average Bonchev–Trinajstić information content (AvgIpc) is 3.39. The van der Waals surface area contributed by atoms with Gasteiger partial charge in [-0.05, 0) is 36.5 Å². The van der Waals surface area contributed by atoms with Gasteiger partial charge in [0.2, 0.25) is 17.5 Å². The van der Waals surface area contributed by atoms with Gasteiger partial charge in [-0.3, -0.25) is 19.1 Å². The van der Waals surface area contributed by atoms with Crippen LogP contribution in [-0.4, -0.2) is 34.1 Å². The molecule has 1 N–H and O–H groups in total. The Morgan fingerprint density at radius 3 is 2.57 bits per heavy atom. The van der Waals surface area contributed by atoms with Crippen LogP contribution in [0.15, 0.2) is 38.1 Å². The molecular formula is C18H13Cl2N3O5. The molecule has 0 saturated heterocycles. The second-order valence-electron chi connectivity index (χ2n) is 6.49. The molecule has 2 heterocycles. The minimum atomic E-state index is -0.812. The fourth-order valence-corrected chi connectivity index (χ4v) is 3.45. The van der Waals surface area contributed by atoms with Crippen molar-refractivity contribution in [2.45, 2.75) is 19.3 Å². The molecule has 28 heavy (non-hydrogen) atoms. The van der Waals surface area contributed by atoms with Gasteiger partial charge >= 0.3 is 5.76 Å². The molecule has 0 spiro atoms. The summed E-state index contributed by atoms with van der Waals surface area (Å²) in [7, 11) is 0. The number of rotatable bonds is 5. The third-order valence-corrected chi connectivity index (χ3v) is 4.89. The van der Waals surface area contributed by atoms with Crippen molar-refractivity contribution in [3.05, 3.63) is 55.8 Å². The molecule has 0 bridgehead atoms. The summed E-state index contributed by atoms with van der Waals surface area (Å²) in [5.74, 6) is -0.706. The predicted octanol–water partition coefficient (Wildman–Crippen LogP) is 2.79. The Hall–Kier alpha value is -2.71. The van der Waals surface area contributed by atoms with E-state index in [2.05, 4.69) is 19.7 Å². The van der Waals surface area contributed by atoms with Crippen LogP contribution in [0.2, 0.25) is 10.0 Å². The van der Waals surface area contributed by atoms with Crippen molar-refractivity contribution in [2.75, 3.05) is 6.54 Å². The standard InChI is InChI=1S/C18H13Cl2N3O5/c19-11-3-8(5-13(24)17-22-18(26)28-23-17)4-12(20)16(11)27-15-6-10(9-1-2-9)14(25)7-21-15/h3-4,6,9H,1-2,5,7H2,(H,22,23,26). The molecule has 10 heteroatoms. The van der Waals surface area contributed by atoms with Crippen LogP contribution < -0.4 is 10.5 Å². The van der Waals surface area contributed by atoms with E-state index in [9.17, 15) is 14.4 Å². The molecular weight excluding hydrogens is 409 g/mol. The summed E-state index contributed by atoms with van der Waals surface area (Å²) in [6, 6.07) is 3.05. The number of ether oxygens (including phenoxy) is 1. The maximum atomic E-state index is 12.1. The van der Waals surface area contributed by atoms with Gasteiger partial charge in [-0.2, -0.15) is 0 Å². The molecule has 0 radical (unpaired) electrons. The minimum Gasteiger partial charge on any atom is -0.436 e. The van der Waals surface area contributed by atoms with Crippen LogP contribution in [-0.2, 0) is 11.2 Å². The number of hydrogen-bond donors (Lipinski definition) is 1. The zero-order chi connectivity index (χ0) is 19.8. The first-order valence-electron chi connectivity index (χ1n) is 8.45. The zero-order valence-electron chi connectivity index (χ0n) is 14.3. The summed E-state index contributed by atoms with van der Waals surface area (Å²) in [6.07, 6.45) is 3.52. The maximum Gasteiger partial charge on any atom is 0.439 e. The predicted molar refractivity (Wildman–Crippen MR) is 100 cm³/mol. The lowest BCUT2D eigenvalue weighted by molar-refractivity contribution is -0.114. The van der Waals surface area contributed by atoms with Crippen LogP contribution in [0.1, 0.15) is 29.0 Å². The second kappa shape index (κ2) is 7.37. The van der Waals surface area contributed by atoms with Crippen molar-refractivity contribution in [3.8, 4) is 5.75 Å². The number of dihydropyridines is 1. The number of aliphatic imine (C=N–C) groups is 1. The Morgan fingerprint density at radius 1 is 1.25 bits per heavy atom. The summed E-state index contributed by atoms with van der Waals surface area (Å²) in [5, 5.41) is 3.72. The van der Waals surface area contributed by atoms with Gasteiger partial charge in [-0.25, -0.2) is 9.79 Å². The minimum absolute atomic E-state index is 0.00630. The number of halogens is 2. The Labute approximate surface area is 168 Å². The van der Waals surface area contributed by atoms with Crippen molar-refractivity contribution in [3.63, 3.8) is 0 Å². The molecule has 8 nitrogen and oxygen atoms in total. The first-order valence-corrected chi connectivity index (χ1v) is 9.20. The maximum absolute atomic E-state index is 12.1.